The van der Waals surface area contributed by atoms with E-state index in [-0.39, 0.29) is 5.56 Å². The number of amides is 1. The second-order valence-corrected chi connectivity index (χ2v) is 6.12. The van der Waals surface area contributed by atoms with Gasteiger partial charge >= 0.3 is 6.18 Å². The van der Waals surface area contributed by atoms with Gasteiger partial charge in [0.25, 0.3) is 5.91 Å². The molecule has 1 aromatic heterocycles. The van der Waals surface area contributed by atoms with Gasteiger partial charge in [0.15, 0.2) is 0 Å². The number of hydrogen-bond donors (Lipinski definition) is 1. The first-order valence-electron chi connectivity index (χ1n) is 6.87. The second-order valence-electron chi connectivity index (χ2n) is 5.18. The van der Waals surface area contributed by atoms with Crippen LogP contribution in [0, 0.1) is 0 Å². The third kappa shape index (κ3) is 4.41. The third-order valence-corrected chi connectivity index (χ3v) is 4.32. The summed E-state index contributed by atoms with van der Waals surface area (Å²) in [7, 11) is 0. The maximum absolute atomic E-state index is 12.8. The van der Waals surface area contributed by atoms with Crippen molar-refractivity contribution >= 4 is 23.5 Å². The Balaban J connectivity index is 2.08. The van der Waals surface area contributed by atoms with Crippen molar-refractivity contribution in [2.24, 2.45) is 5.10 Å². The minimum atomic E-state index is -4.47. The normalized spacial score (nSPS) is 12.1. The Morgan fingerprint density at radius 3 is 2.61 bits per heavy atom. The molecule has 0 aliphatic carbocycles. The fourth-order valence-electron chi connectivity index (χ4n) is 1.87. The van der Waals surface area contributed by atoms with Crippen molar-refractivity contribution < 1.29 is 18.0 Å². The highest BCUT2D eigenvalue weighted by Gasteiger charge is 2.32. The van der Waals surface area contributed by atoms with Crippen LogP contribution in [0.2, 0.25) is 0 Å². The average Bonchev–Trinajstić information content (AvgIpc) is 2.96. The molecular formula is C16H15F3N2OS. The van der Waals surface area contributed by atoms with Gasteiger partial charge in [-0.2, -0.15) is 18.3 Å². The van der Waals surface area contributed by atoms with Crippen molar-refractivity contribution in [1.82, 2.24) is 5.43 Å². The first-order chi connectivity index (χ1) is 10.8. The number of nitrogens with one attached hydrogen (secondary N) is 1. The zero-order valence-corrected chi connectivity index (χ0v) is 13.3. The topological polar surface area (TPSA) is 41.5 Å². The fourth-order valence-corrected chi connectivity index (χ4v) is 2.77. The quantitative estimate of drug-likeness (QED) is 0.638. The maximum atomic E-state index is 12.8. The number of rotatable bonds is 4. The Hall–Kier alpha value is -2.15. The lowest BCUT2D eigenvalue weighted by atomic mass is 10.1. The highest BCUT2D eigenvalue weighted by molar-refractivity contribution is 7.10. The van der Waals surface area contributed by atoms with Crippen LogP contribution in [-0.4, -0.2) is 12.1 Å². The molecule has 7 heteroatoms. The van der Waals surface area contributed by atoms with E-state index < -0.39 is 17.6 Å². The largest absolute Gasteiger partial charge is 0.417 e. The first kappa shape index (κ1) is 17.2. The molecule has 0 bridgehead atoms. The molecule has 1 aromatic carbocycles. The molecule has 0 aliphatic heterocycles. The molecule has 1 amide bonds. The molecule has 122 valence electrons. The van der Waals surface area contributed by atoms with Gasteiger partial charge in [-0.05, 0) is 18.1 Å². The Morgan fingerprint density at radius 2 is 2.00 bits per heavy atom. The molecule has 0 spiro atoms. The van der Waals surface area contributed by atoms with E-state index in [9.17, 15) is 18.0 Å². The molecule has 0 unspecified atom stereocenters. The van der Waals surface area contributed by atoms with Gasteiger partial charge in [0.2, 0.25) is 0 Å². The molecule has 23 heavy (non-hydrogen) atoms. The molecule has 1 heterocycles. The van der Waals surface area contributed by atoms with Crippen LogP contribution < -0.4 is 5.43 Å². The van der Waals surface area contributed by atoms with E-state index in [0.717, 1.165) is 17.2 Å². The highest BCUT2D eigenvalue weighted by Crippen LogP contribution is 2.31. The zero-order chi connectivity index (χ0) is 17.0. The van der Waals surface area contributed by atoms with E-state index in [1.807, 2.05) is 13.8 Å². The summed E-state index contributed by atoms with van der Waals surface area (Å²) in [4.78, 5) is 13.0. The van der Waals surface area contributed by atoms with E-state index in [0.29, 0.717) is 11.5 Å². The standard InChI is InChI=1S/C16H15F3N2OS/c1-10(2)14-7-12(9-23-14)15(22)21-20-8-11-5-3-4-6-13(11)16(17,18)19/h3-10H,1-2H3,(H,21,22)/b20-8-. The van der Waals surface area contributed by atoms with Crippen molar-refractivity contribution in [2.75, 3.05) is 0 Å². The van der Waals surface area contributed by atoms with Gasteiger partial charge in [0.1, 0.15) is 0 Å². The highest BCUT2D eigenvalue weighted by atomic mass is 32.1. The lowest BCUT2D eigenvalue weighted by molar-refractivity contribution is -0.137. The van der Waals surface area contributed by atoms with Crippen molar-refractivity contribution in [3.05, 3.63) is 57.3 Å². The number of thiophene rings is 1. The zero-order valence-electron chi connectivity index (χ0n) is 12.5. The van der Waals surface area contributed by atoms with Crippen molar-refractivity contribution in [1.29, 1.82) is 0 Å². The number of benzene rings is 1. The lowest BCUT2D eigenvalue weighted by Crippen LogP contribution is -2.17. The van der Waals surface area contributed by atoms with Crippen LogP contribution in [0.4, 0.5) is 13.2 Å². The Kier molecular flexibility index (Phi) is 5.20. The summed E-state index contributed by atoms with van der Waals surface area (Å²) < 4.78 is 38.5. The van der Waals surface area contributed by atoms with Crippen LogP contribution in [0.3, 0.4) is 0 Å². The Labute approximate surface area is 135 Å². The van der Waals surface area contributed by atoms with Crippen molar-refractivity contribution in [3.8, 4) is 0 Å². The number of alkyl halides is 3. The van der Waals surface area contributed by atoms with Crippen molar-refractivity contribution in [3.63, 3.8) is 0 Å². The van der Waals surface area contributed by atoms with Gasteiger partial charge in [-0.15, -0.1) is 11.3 Å². The summed E-state index contributed by atoms with van der Waals surface area (Å²) in [6, 6.07) is 6.80. The molecule has 0 saturated heterocycles. The summed E-state index contributed by atoms with van der Waals surface area (Å²) in [5.41, 5.74) is 1.79. The number of hydrogen-bond acceptors (Lipinski definition) is 3. The molecule has 0 radical (unpaired) electrons. The Bertz CT molecular complexity index is 720. The summed E-state index contributed by atoms with van der Waals surface area (Å²) in [5.74, 6) is -0.141. The minimum absolute atomic E-state index is 0.103. The molecule has 2 rings (SSSR count). The van der Waals surface area contributed by atoms with Crippen LogP contribution in [0.25, 0.3) is 0 Å². The van der Waals surface area contributed by atoms with Gasteiger partial charge < -0.3 is 0 Å². The average molecular weight is 340 g/mol. The molecule has 0 saturated carbocycles. The van der Waals surface area contributed by atoms with Crippen LogP contribution in [0.1, 0.15) is 46.1 Å². The fraction of sp³-hybridized carbons (Fsp3) is 0.250. The minimum Gasteiger partial charge on any atom is -0.267 e. The molecule has 3 nitrogen and oxygen atoms in total. The number of carbonyl (C=O) groups is 1. The van der Waals surface area contributed by atoms with Crippen LogP contribution in [-0.2, 0) is 6.18 Å². The number of carbonyl (C=O) groups excluding carboxylic acids is 1. The van der Waals surface area contributed by atoms with Gasteiger partial charge in [-0.25, -0.2) is 5.43 Å². The Morgan fingerprint density at radius 1 is 1.30 bits per heavy atom. The van der Waals surface area contributed by atoms with E-state index >= 15 is 0 Å². The summed E-state index contributed by atoms with van der Waals surface area (Å²) in [6.45, 7) is 4.03. The predicted molar refractivity (Wildman–Crippen MR) is 84.9 cm³/mol. The van der Waals surface area contributed by atoms with E-state index in [1.54, 1.807) is 11.4 Å². The number of halogens is 3. The molecular weight excluding hydrogens is 325 g/mol. The number of nitrogens with zero attached hydrogens (tertiary/aromatic N) is 1. The van der Waals surface area contributed by atoms with Gasteiger partial charge in [-0.3, -0.25) is 4.79 Å². The molecule has 0 fully saturated rings. The van der Waals surface area contributed by atoms with Gasteiger partial charge in [0.05, 0.1) is 17.3 Å². The smallest absolute Gasteiger partial charge is 0.267 e. The van der Waals surface area contributed by atoms with E-state index in [2.05, 4.69) is 10.5 Å². The maximum Gasteiger partial charge on any atom is 0.417 e. The molecule has 1 N–H and O–H groups in total. The summed E-state index contributed by atoms with van der Waals surface area (Å²) in [6.07, 6.45) is -3.47. The third-order valence-electron chi connectivity index (χ3n) is 3.09. The second kappa shape index (κ2) is 6.95. The monoisotopic (exact) mass is 340 g/mol. The molecule has 0 atom stereocenters. The summed E-state index contributed by atoms with van der Waals surface area (Å²) in [5, 5.41) is 5.32. The molecule has 2 aromatic rings. The first-order valence-corrected chi connectivity index (χ1v) is 7.75. The lowest BCUT2D eigenvalue weighted by Gasteiger charge is -2.09. The SMILES string of the molecule is CC(C)c1cc(C(=O)N/N=C\c2ccccc2C(F)(F)F)cs1. The van der Waals surface area contributed by atoms with Crippen LogP contribution in [0.15, 0.2) is 40.8 Å². The van der Waals surface area contributed by atoms with E-state index in [1.165, 1.54) is 29.5 Å². The number of hydrazone groups is 1. The van der Waals surface area contributed by atoms with Crippen LogP contribution >= 0.6 is 11.3 Å². The van der Waals surface area contributed by atoms with Crippen molar-refractivity contribution in [2.45, 2.75) is 25.9 Å². The van der Waals surface area contributed by atoms with Gasteiger partial charge in [0, 0.05) is 15.8 Å². The van der Waals surface area contributed by atoms with Crippen LogP contribution in [0.5, 0.6) is 0 Å². The van der Waals surface area contributed by atoms with E-state index in [4.69, 9.17) is 0 Å². The predicted octanol–water partition coefficient (Wildman–Crippen LogP) is 4.65. The van der Waals surface area contributed by atoms with Gasteiger partial charge in [-0.1, -0.05) is 32.0 Å². The summed E-state index contributed by atoms with van der Waals surface area (Å²) >= 11 is 1.46. The molecule has 0 aliphatic rings.